The molecule has 0 radical (unpaired) electrons. The molecule has 0 N–H and O–H groups in total. The van der Waals surface area contributed by atoms with Crippen molar-refractivity contribution < 1.29 is 8.42 Å². The van der Waals surface area contributed by atoms with E-state index in [9.17, 15) is 13.2 Å². The minimum Gasteiger partial charge on any atom is -0.285 e. The second-order valence-corrected chi connectivity index (χ2v) is 7.89. The number of thioether (sulfide) groups is 1. The number of nitrogens with zero attached hydrogens (tertiary/aromatic N) is 2. The van der Waals surface area contributed by atoms with Crippen LogP contribution in [0.1, 0.15) is 6.92 Å². The van der Waals surface area contributed by atoms with Gasteiger partial charge in [-0.3, -0.25) is 9.36 Å². The molecule has 1 aromatic carbocycles. The smallest absolute Gasteiger partial charge is 0.273 e. The monoisotopic (exact) mass is 308 g/mol. The fourth-order valence-corrected chi connectivity index (χ4v) is 4.38. The van der Waals surface area contributed by atoms with Crippen LogP contribution in [0.5, 0.6) is 0 Å². The van der Waals surface area contributed by atoms with Crippen LogP contribution in [0.15, 0.2) is 56.3 Å². The summed E-state index contributed by atoms with van der Waals surface area (Å²) in [5.74, 6) is 0. The summed E-state index contributed by atoms with van der Waals surface area (Å²) in [7, 11) is -3.81. The molecule has 7 heteroatoms. The molecule has 0 unspecified atom stereocenters. The van der Waals surface area contributed by atoms with Gasteiger partial charge < -0.3 is 0 Å². The Morgan fingerprint density at radius 1 is 1.30 bits per heavy atom. The first-order valence-corrected chi connectivity index (χ1v) is 8.43. The zero-order chi connectivity index (χ0) is 14.3. The summed E-state index contributed by atoms with van der Waals surface area (Å²) in [6, 6.07) is 7.94. The molecule has 2 aromatic rings. The van der Waals surface area contributed by atoms with Crippen molar-refractivity contribution in [2.45, 2.75) is 33.7 Å². The largest absolute Gasteiger partial charge is 0.285 e. The average molecular weight is 308 g/mol. The molecule has 104 valence electrons. The van der Waals surface area contributed by atoms with E-state index >= 15 is 0 Å². The van der Waals surface area contributed by atoms with Gasteiger partial charge in [0.2, 0.25) is 9.84 Å². The van der Waals surface area contributed by atoms with Gasteiger partial charge in [-0.1, -0.05) is 36.9 Å². The molecule has 1 atom stereocenters. The van der Waals surface area contributed by atoms with Gasteiger partial charge in [0.05, 0.1) is 11.1 Å². The van der Waals surface area contributed by atoms with Gasteiger partial charge in [-0.2, -0.15) is 0 Å². The maximum absolute atomic E-state index is 12.5. The fourth-order valence-electron chi connectivity index (χ4n) is 2.10. The van der Waals surface area contributed by atoms with E-state index in [0.717, 1.165) is 0 Å². The van der Waals surface area contributed by atoms with Crippen molar-refractivity contribution in [2.75, 3.05) is 0 Å². The quantitative estimate of drug-likeness (QED) is 0.788. The number of rotatable bonds is 2. The summed E-state index contributed by atoms with van der Waals surface area (Å²) < 4.78 is 26.4. The van der Waals surface area contributed by atoms with Crippen LogP contribution in [-0.4, -0.2) is 23.2 Å². The minimum absolute atomic E-state index is 0.109. The molecule has 0 bridgehead atoms. The van der Waals surface area contributed by atoms with Crippen LogP contribution in [0.4, 0.5) is 0 Å². The van der Waals surface area contributed by atoms with Crippen molar-refractivity contribution in [2.24, 2.45) is 0 Å². The summed E-state index contributed by atoms with van der Waals surface area (Å²) in [6.45, 7) is 2.47. The van der Waals surface area contributed by atoms with E-state index in [1.807, 2.05) is 6.92 Å². The number of hydrogen-bond acceptors (Lipinski definition) is 5. The summed E-state index contributed by atoms with van der Waals surface area (Å²) in [4.78, 5) is 16.3. The SMILES string of the molecule is C[C@@H]1Cn2c(ncc(S(=O)(=O)c3ccccc3)c2=O)S1. The van der Waals surface area contributed by atoms with Crippen LogP contribution in [0, 0.1) is 0 Å². The zero-order valence-corrected chi connectivity index (χ0v) is 12.3. The third kappa shape index (κ3) is 2.06. The number of hydrogen-bond donors (Lipinski definition) is 0. The number of fused-ring (bicyclic) bond motifs is 1. The third-order valence-corrected chi connectivity index (χ3v) is 5.91. The minimum atomic E-state index is -3.81. The van der Waals surface area contributed by atoms with Crippen molar-refractivity contribution in [3.63, 3.8) is 0 Å². The fraction of sp³-hybridized carbons (Fsp3) is 0.231. The average Bonchev–Trinajstić information content (AvgIpc) is 2.81. The lowest BCUT2D eigenvalue weighted by atomic mass is 10.4. The van der Waals surface area contributed by atoms with Crippen molar-refractivity contribution in [1.29, 1.82) is 0 Å². The van der Waals surface area contributed by atoms with Crippen LogP contribution in [0.3, 0.4) is 0 Å². The molecule has 0 fully saturated rings. The van der Waals surface area contributed by atoms with Gasteiger partial charge in [-0.25, -0.2) is 13.4 Å². The highest BCUT2D eigenvalue weighted by Crippen LogP contribution is 2.29. The van der Waals surface area contributed by atoms with E-state index < -0.39 is 15.4 Å². The Balaban J connectivity index is 2.18. The number of sulfone groups is 1. The van der Waals surface area contributed by atoms with Crippen LogP contribution in [-0.2, 0) is 16.4 Å². The van der Waals surface area contributed by atoms with Crippen LogP contribution >= 0.6 is 11.8 Å². The Hall–Kier alpha value is -1.60. The molecule has 1 aromatic heterocycles. The Kier molecular flexibility index (Phi) is 3.18. The van der Waals surface area contributed by atoms with Crippen LogP contribution in [0.2, 0.25) is 0 Å². The van der Waals surface area contributed by atoms with Crippen LogP contribution in [0.25, 0.3) is 0 Å². The van der Waals surface area contributed by atoms with Crippen molar-refractivity contribution in [1.82, 2.24) is 9.55 Å². The Morgan fingerprint density at radius 2 is 2.00 bits per heavy atom. The molecule has 5 nitrogen and oxygen atoms in total. The third-order valence-electron chi connectivity index (χ3n) is 3.07. The summed E-state index contributed by atoms with van der Waals surface area (Å²) in [5, 5.41) is 0.805. The molecule has 1 aliphatic rings. The topological polar surface area (TPSA) is 69.0 Å². The van der Waals surface area contributed by atoms with E-state index in [0.29, 0.717) is 11.7 Å². The number of benzene rings is 1. The van der Waals surface area contributed by atoms with Gasteiger partial charge in [0, 0.05) is 11.8 Å². The second kappa shape index (κ2) is 4.75. The van der Waals surface area contributed by atoms with Crippen molar-refractivity contribution >= 4 is 21.6 Å². The first-order chi connectivity index (χ1) is 9.50. The molecule has 3 rings (SSSR count). The van der Waals surface area contributed by atoms with Crippen molar-refractivity contribution in [3.8, 4) is 0 Å². The van der Waals surface area contributed by atoms with Gasteiger partial charge in [0.25, 0.3) is 5.56 Å². The van der Waals surface area contributed by atoms with Gasteiger partial charge in [-0.05, 0) is 12.1 Å². The highest BCUT2D eigenvalue weighted by molar-refractivity contribution is 8.00. The highest BCUT2D eigenvalue weighted by atomic mass is 32.2. The predicted molar refractivity (Wildman–Crippen MR) is 75.7 cm³/mol. The summed E-state index contributed by atoms with van der Waals surface area (Å²) >= 11 is 1.48. The summed E-state index contributed by atoms with van der Waals surface area (Å²) in [5.41, 5.74) is -0.490. The van der Waals surface area contributed by atoms with Gasteiger partial charge in [0.1, 0.15) is 0 Å². The van der Waals surface area contributed by atoms with E-state index in [-0.39, 0.29) is 15.0 Å². The van der Waals surface area contributed by atoms with E-state index in [1.165, 1.54) is 34.7 Å². The van der Waals surface area contributed by atoms with E-state index in [4.69, 9.17) is 0 Å². The molecule has 0 saturated heterocycles. The summed E-state index contributed by atoms with van der Waals surface area (Å²) in [6.07, 6.45) is 1.17. The lowest BCUT2D eigenvalue weighted by Gasteiger charge is -2.06. The molecule has 1 aliphatic heterocycles. The maximum atomic E-state index is 12.5. The van der Waals surface area contributed by atoms with Gasteiger partial charge in [0.15, 0.2) is 10.1 Å². The van der Waals surface area contributed by atoms with E-state index in [1.54, 1.807) is 18.2 Å². The lowest BCUT2D eigenvalue weighted by molar-refractivity contribution is 0.574. The number of aromatic nitrogens is 2. The van der Waals surface area contributed by atoms with Crippen LogP contribution < -0.4 is 5.56 Å². The lowest BCUT2D eigenvalue weighted by Crippen LogP contribution is -2.27. The van der Waals surface area contributed by atoms with Crippen molar-refractivity contribution in [3.05, 3.63) is 46.9 Å². The zero-order valence-electron chi connectivity index (χ0n) is 10.7. The standard InChI is InChI=1S/C13H12N2O3S2/c1-9-8-15-12(16)11(7-14-13(15)19-9)20(17,18)10-5-3-2-4-6-10/h2-7,9H,8H2,1H3/t9-/m1/s1. The highest BCUT2D eigenvalue weighted by Gasteiger charge is 2.28. The van der Waals surface area contributed by atoms with Gasteiger partial charge >= 0.3 is 0 Å². The molecular weight excluding hydrogens is 296 g/mol. The Morgan fingerprint density at radius 3 is 2.70 bits per heavy atom. The molecule has 0 aliphatic carbocycles. The molecule has 2 heterocycles. The molecular formula is C13H12N2O3S2. The normalized spacial score (nSPS) is 17.9. The Labute approximate surface area is 120 Å². The maximum Gasteiger partial charge on any atom is 0.273 e. The second-order valence-electron chi connectivity index (χ2n) is 4.57. The first kappa shape index (κ1) is 13.4. The predicted octanol–water partition coefficient (Wildman–Crippen LogP) is 1.57. The first-order valence-electron chi connectivity index (χ1n) is 6.07. The Bertz CT molecular complexity index is 813. The molecule has 0 spiro atoms. The molecule has 0 saturated carbocycles. The van der Waals surface area contributed by atoms with E-state index in [2.05, 4.69) is 4.98 Å². The molecule has 0 amide bonds. The molecule has 20 heavy (non-hydrogen) atoms. The van der Waals surface area contributed by atoms with Gasteiger partial charge in [-0.15, -0.1) is 0 Å².